The molecule has 0 saturated heterocycles. The Morgan fingerprint density at radius 3 is 2.39 bits per heavy atom. The lowest BCUT2D eigenvalue weighted by molar-refractivity contribution is -0.172. The molecule has 2 aromatic heterocycles. The number of likely N-dealkylation sites (N-methyl/N-ethyl adjacent to an activating group) is 2. The fraction of sp³-hybridized carbons (Fsp3) is 0.469. The zero-order valence-corrected chi connectivity index (χ0v) is 26.1. The molecule has 1 aromatic carbocycles. The first-order chi connectivity index (χ1) is 20.7. The van der Waals surface area contributed by atoms with Crippen molar-refractivity contribution in [2.45, 2.75) is 71.8 Å². The number of carbonyl (C=O) groups is 3. The number of rotatable bonds is 6. The first-order valence-corrected chi connectivity index (χ1v) is 14.7. The van der Waals surface area contributed by atoms with Crippen LogP contribution in [-0.2, 0) is 39.4 Å². The van der Waals surface area contributed by atoms with E-state index in [0.717, 1.165) is 16.5 Å². The Kier molecular flexibility index (Phi) is 7.91. The summed E-state index contributed by atoms with van der Waals surface area (Å²) in [4.78, 5) is 58.8. The van der Waals surface area contributed by atoms with Crippen LogP contribution in [0.4, 0.5) is 9.59 Å². The molecule has 2 aliphatic rings. The van der Waals surface area contributed by atoms with E-state index in [2.05, 4.69) is 0 Å². The van der Waals surface area contributed by atoms with Crippen molar-refractivity contribution in [1.29, 1.82) is 0 Å². The van der Waals surface area contributed by atoms with Crippen molar-refractivity contribution < 1.29 is 33.7 Å². The zero-order valence-electron chi connectivity index (χ0n) is 26.1. The van der Waals surface area contributed by atoms with Gasteiger partial charge < -0.3 is 33.7 Å². The second kappa shape index (κ2) is 11.2. The van der Waals surface area contributed by atoms with Crippen LogP contribution < -0.4 is 10.3 Å². The normalized spacial score (nSPS) is 17.0. The second-order valence-corrected chi connectivity index (χ2v) is 12.2. The molecular weight excluding hydrogens is 568 g/mol. The molecular formula is C32H38N4O8. The molecule has 12 nitrogen and oxygen atoms in total. The van der Waals surface area contributed by atoms with Gasteiger partial charge in [0.1, 0.15) is 18.0 Å². The second-order valence-electron chi connectivity index (χ2n) is 12.2. The quantitative estimate of drug-likeness (QED) is 0.323. The lowest BCUT2D eigenvalue weighted by Crippen LogP contribution is -2.44. The summed E-state index contributed by atoms with van der Waals surface area (Å²) < 4.78 is 17.8. The highest BCUT2D eigenvalue weighted by Crippen LogP contribution is 2.40. The van der Waals surface area contributed by atoms with Gasteiger partial charge >= 0.3 is 18.2 Å². The number of ether oxygens (including phenoxy) is 3. The standard InChI is InChI=1S/C32H38N4O8/c1-8-19-20-14-18(43-29(39)34(6)12-13-35(7)30(40)44-31(3,4)5)10-11-24(20)33-26-21(19)16-36-25(26)15-23-22(27(36)37)17-42-28(38)32(23,41)9-2/h10-11,14-15,41H,8-9,12-13,16-17H2,1-7H3/t32-/m0/s1. The topological polar surface area (TPSA) is 140 Å². The number of nitrogens with zero attached hydrogens (tertiary/aromatic N) is 4. The van der Waals surface area contributed by atoms with Crippen molar-refractivity contribution in [3.05, 3.63) is 56.9 Å². The summed E-state index contributed by atoms with van der Waals surface area (Å²) in [6.07, 6.45) is -0.373. The Hall–Kier alpha value is -4.45. The Bertz CT molecular complexity index is 1740. The predicted octanol–water partition coefficient (Wildman–Crippen LogP) is 3.94. The summed E-state index contributed by atoms with van der Waals surface area (Å²) in [6.45, 7) is 9.61. The number of esters is 1. The number of carbonyl (C=O) groups excluding carboxylic acids is 3. The summed E-state index contributed by atoms with van der Waals surface area (Å²) in [5.74, 6) is -0.434. The van der Waals surface area contributed by atoms with E-state index in [1.54, 1.807) is 70.6 Å². The summed E-state index contributed by atoms with van der Waals surface area (Å²) in [7, 11) is 3.19. The molecule has 0 unspecified atom stereocenters. The van der Waals surface area contributed by atoms with Crippen LogP contribution in [0.1, 0.15) is 63.3 Å². The molecule has 1 N–H and O–H groups in total. The van der Waals surface area contributed by atoms with E-state index in [0.29, 0.717) is 29.1 Å². The number of benzene rings is 1. The molecule has 2 aliphatic heterocycles. The smallest absolute Gasteiger partial charge is 0.415 e. The van der Waals surface area contributed by atoms with E-state index in [4.69, 9.17) is 19.2 Å². The molecule has 1 atom stereocenters. The van der Waals surface area contributed by atoms with E-state index in [9.17, 15) is 24.3 Å². The van der Waals surface area contributed by atoms with Crippen LogP contribution in [0.5, 0.6) is 5.75 Å². The Labute approximate surface area is 255 Å². The monoisotopic (exact) mass is 606 g/mol. The third kappa shape index (κ3) is 5.38. The van der Waals surface area contributed by atoms with Crippen molar-refractivity contribution >= 4 is 29.1 Å². The first kappa shape index (κ1) is 31.0. The number of aliphatic hydroxyl groups is 1. The molecule has 5 rings (SSSR count). The van der Waals surface area contributed by atoms with Crippen molar-refractivity contribution in [2.75, 3.05) is 27.2 Å². The van der Waals surface area contributed by atoms with Crippen molar-refractivity contribution in [3.63, 3.8) is 0 Å². The Morgan fingerprint density at radius 1 is 1.07 bits per heavy atom. The maximum absolute atomic E-state index is 13.6. The zero-order chi connectivity index (χ0) is 32.1. The SMILES string of the molecule is CCc1c2c(nc3ccc(OC(=O)N(C)CCN(C)C(=O)OC(C)(C)C)cc13)-c1cc3c(c(=O)n1C2)COC(=O)[C@]3(O)CC. The lowest BCUT2D eigenvalue weighted by atomic mass is 9.86. The molecule has 0 radical (unpaired) electrons. The highest BCUT2D eigenvalue weighted by atomic mass is 16.6. The van der Waals surface area contributed by atoms with Gasteiger partial charge in [-0.05, 0) is 63.4 Å². The third-order valence-corrected chi connectivity index (χ3v) is 8.12. The van der Waals surface area contributed by atoms with Crippen molar-refractivity contribution in [1.82, 2.24) is 19.4 Å². The molecule has 12 heteroatoms. The van der Waals surface area contributed by atoms with E-state index in [-0.39, 0.29) is 49.3 Å². The predicted molar refractivity (Wildman–Crippen MR) is 161 cm³/mol. The number of aryl methyl sites for hydroxylation is 1. The molecule has 0 saturated carbocycles. The average molecular weight is 607 g/mol. The molecule has 0 aliphatic carbocycles. The summed E-state index contributed by atoms with van der Waals surface area (Å²) >= 11 is 0. The van der Waals surface area contributed by atoms with Crippen molar-refractivity contribution in [3.8, 4) is 17.1 Å². The highest BCUT2D eigenvalue weighted by molar-refractivity contribution is 5.90. The van der Waals surface area contributed by atoms with Gasteiger partial charge in [-0.3, -0.25) is 4.79 Å². The van der Waals surface area contributed by atoms with Crippen LogP contribution in [-0.4, -0.2) is 75.4 Å². The van der Waals surface area contributed by atoms with Crippen LogP contribution in [0.2, 0.25) is 0 Å². The number of amides is 2. The summed E-state index contributed by atoms with van der Waals surface area (Å²) in [6, 6.07) is 6.86. The minimum absolute atomic E-state index is 0.0665. The first-order valence-electron chi connectivity index (χ1n) is 14.7. The number of aromatic nitrogens is 2. The molecule has 234 valence electrons. The summed E-state index contributed by atoms with van der Waals surface area (Å²) in [5.41, 5.74) is 1.31. The number of pyridine rings is 2. The molecule has 2 amide bonds. The van der Waals surface area contributed by atoms with Crippen LogP contribution in [0.3, 0.4) is 0 Å². The highest BCUT2D eigenvalue weighted by Gasteiger charge is 2.45. The molecule has 0 fully saturated rings. The fourth-order valence-electron chi connectivity index (χ4n) is 5.61. The van der Waals surface area contributed by atoms with Crippen LogP contribution in [0.15, 0.2) is 29.1 Å². The van der Waals surface area contributed by atoms with Crippen LogP contribution in [0, 0.1) is 0 Å². The van der Waals surface area contributed by atoms with Crippen molar-refractivity contribution in [2.24, 2.45) is 0 Å². The van der Waals surface area contributed by atoms with E-state index < -0.39 is 29.4 Å². The maximum Gasteiger partial charge on any atom is 0.415 e. The number of hydrogen-bond acceptors (Lipinski definition) is 9. The lowest BCUT2D eigenvalue weighted by Gasteiger charge is -2.31. The van der Waals surface area contributed by atoms with Crippen LogP contribution in [0.25, 0.3) is 22.3 Å². The summed E-state index contributed by atoms with van der Waals surface area (Å²) in [5, 5.41) is 11.9. The van der Waals surface area contributed by atoms with E-state index in [1.807, 2.05) is 6.92 Å². The molecule has 3 aromatic rings. The van der Waals surface area contributed by atoms with Gasteiger partial charge in [0.05, 0.1) is 29.0 Å². The van der Waals surface area contributed by atoms with E-state index in [1.165, 1.54) is 9.80 Å². The number of hydrogen-bond donors (Lipinski definition) is 1. The average Bonchev–Trinajstić information content (AvgIpc) is 3.34. The number of fused-ring (bicyclic) bond motifs is 5. The van der Waals surface area contributed by atoms with Gasteiger partial charge in [0, 0.05) is 43.7 Å². The molecule has 44 heavy (non-hydrogen) atoms. The Balaban J connectivity index is 1.41. The van der Waals surface area contributed by atoms with Gasteiger partial charge in [0.15, 0.2) is 5.60 Å². The molecule has 0 bridgehead atoms. The van der Waals surface area contributed by atoms with Gasteiger partial charge in [-0.1, -0.05) is 13.8 Å². The molecule has 4 heterocycles. The minimum Gasteiger partial charge on any atom is -0.458 e. The van der Waals surface area contributed by atoms with Crippen LogP contribution >= 0.6 is 0 Å². The third-order valence-electron chi connectivity index (χ3n) is 8.12. The van der Waals surface area contributed by atoms with Gasteiger partial charge in [0.25, 0.3) is 5.56 Å². The number of cyclic esters (lactones) is 1. The minimum atomic E-state index is -1.90. The van der Waals surface area contributed by atoms with Gasteiger partial charge in [0.2, 0.25) is 0 Å². The Morgan fingerprint density at radius 2 is 1.75 bits per heavy atom. The fourth-order valence-corrected chi connectivity index (χ4v) is 5.61. The van der Waals surface area contributed by atoms with E-state index >= 15 is 0 Å². The van der Waals surface area contributed by atoms with Gasteiger partial charge in [-0.25, -0.2) is 19.4 Å². The largest absolute Gasteiger partial charge is 0.458 e. The van der Waals surface area contributed by atoms with Gasteiger partial charge in [-0.15, -0.1) is 0 Å². The maximum atomic E-state index is 13.6. The molecule has 0 spiro atoms. The van der Waals surface area contributed by atoms with Gasteiger partial charge in [-0.2, -0.15) is 0 Å².